The molecule has 0 unspecified atom stereocenters. The first-order chi connectivity index (χ1) is 14.4. The summed E-state index contributed by atoms with van der Waals surface area (Å²) in [4.78, 5) is 13.3. The van der Waals surface area contributed by atoms with Crippen LogP contribution in [-0.2, 0) is 16.2 Å². The highest BCUT2D eigenvalue weighted by Gasteiger charge is 2.22. The molecule has 0 aliphatic heterocycles. The van der Waals surface area contributed by atoms with Crippen LogP contribution in [0.15, 0.2) is 24.4 Å². The number of rotatable bonds is 1. The average molecular weight is 441 g/mol. The molecule has 0 radical (unpaired) electrons. The molecular formula is C27H41FN4. The third-order valence-electron chi connectivity index (χ3n) is 5.40. The number of fused-ring (bicyclic) bond motifs is 1. The van der Waals surface area contributed by atoms with Gasteiger partial charge in [-0.1, -0.05) is 62.3 Å². The second-order valence-corrected chi connectivity index (χ2v) is 12.0. The van der Waals surface area contributed by atoms with Crippen molar-refractivity contribution in [3.8, 4) is 0 Å². The van der Waals surface area contributed by atoms with Gasteiger partial charge in [-0.25, -0.2) is 19.3 Å². The molecule has 0 aliphatic rings. The van der Waals surface area contributed by atoms with Crippen molar-refractivity contribution >= 4 is 11.0 Å². The van der Waals surface area contributed by atoms with E-state index in [1.165, 1.54) is 0 Å². The highest BCUT2D eigenvalue weighted by Crippen LogP contribution is 2.30. The summed E-state index contributed by atoms with van der Waals surface area (Å²) in [7, 11) is 0. The number of nitrogens with zero attached hydrogens (tertiary/aromatic N) is 4. The van der Waals surface area contributed by atoms with Gasteiger partial charge in [0.05, 0.1) is 5.52 Å². The highest BCUT2D eigenvalue weighted by molar-refractivity contribution is 5.78. The van der Waals surface area contributed by atoms with Gasteiger partial charge < -0.3 is 4.57 Å². The van der Waals surface area contributed by atoms with Gasteiger partial charge in [0.15, 0.2) is 5.82 Å². The zero-order valence-corrected chi connectivity index (χ0v) is 22.1. The van der Waals surface area contributed by atoms with E-state index in [0.717, 1.165) is 28.4 Å². The summed E-state index contributed by atoms with van der Waals surface area (Å²) in [5.74, 6) is 1.56. The molecule has 4 nitrogen and oxygen atoms in total. The molecule has 0 fully saturated rings. The fraction of sp³-hybridized carbons (Fsp3) is 0.593. The highest BCUT2D eigenvalue weighted by atomic mass is 19.1. The molecule has 3 aromatic rings. The summed E-state index contributed by atoms with van der Waals surface area (Å²) in [5.41, 5.74) is 3.56. The molecule has 2 heterocycles. The van der Waals surface area contributed by atoms with E-state index in [4.69, 9.17) is 0 Å². The third kappa shape index (κ3) is 5.93. The minimum absolute atomic E-state index is 0.0290. The molecular weight excluding hydrogens is 399 g/mol. The normalized spacial score (nSPS) is 12.8. The number of aromatic nitrogens is 4. The van der Waals surface area contributed by atoms with E-state index < -0.39 is 0 Å². The van der Waals surface area contributed by atoms with Crippen molar-refractivity contribution in [2.75, 3.05) is 0 Å². The van der Waals surface area contributed by atoms with Crippen LogP contribution in [0.4, 0.5) is 4.39 Å². The molecule has 32 heavy (non-hydrogen) atoms. The predicted molar refractivity (Wildman–Crippen MR) is 133 cm³/mol. The first-order valence-electron chi connectivity index (χ1n) is 11.5. The Kier molecular flexibility index (Phi) is 7.23. The summed E-state index contributed by atoms with van der Waals surface area (Å²) < 4.78 is 16.2. The number of benzene rings is 1. The Morgan fingerprint density at radius 1 is 0.844 bits per heavy atom. The van der Waals surface area contributed by atoms with Crippen LogP contribution < -0.4 is 0 Å². The molecule has 3 rings (SSSR count). The van der Waals surface area contributed by atoms with Gasteiger partial charge in [-0.3, -0.25) is 0 Å². The minimum Gasteiger partial charge on any atom is -0.326 e. The second-order valence-electron chi connectivity index (χ2n) is 12.0. The van der Waals surface area contributed by atoms with Gasteiger partial charge in [0.25, 0.3) is 0 Å². The number of aryl methyl sites for hydroxylation is 1. The molecule has 0 N–H and O–H groups in total. The molecule has 2 aromatic heterocycles. The largest absolute Gasteiger partial charge is 0.326 e. The molecule has 0 aliphatic carbocycles. The second kappa shape index (κ2) is 8.92. The molecule has 0 amide bonds. The number of halogens is 1. The monoisotopic (exact) mass is 440 g/mol. The maximum Gasteiger partial charge on any atom is 0.151 e. The molecule has 0 atom stereocenters. The van der Waals surface area contributed by atoms with Crippen LogP contribution in [0.1, 0.15) is 105 Å². The summed E-state index contributed by atoms with van der Waals surface area (Å²) in [6.07, 6.45) is 1.86. The van der Waals surface area contributed by atoms with Crippen molar-refractivity contribution in [3.63, 3.8) is 0 Å². The quantitative estimate of drug-likeness (QED) is 0.395. The van der Waals surface area contributed by atoms with E-state index in [1.807, 2.05) is 19.2 Å². The SMILES string of the molecule is CC(C)(C)c1ccnc(C(C)(C)C)n1.Cc1nc2c(F)cc(C(C)(C)C)cc2n1C(C)C. The Balaban J connectivity index is 0.000000235. The van der Waals surface area contributed by atoms with Gasteiger partial charge in [-0.15, -0.1) is 0 Å². The Morgan fingerprint density at radius 3 is 1.91 bits per heavy atom. The fourth-order valence-electron chi connectivity index (χ4n) is 3.49. The molecule has 0 saturated carbocycles. The van der Waals surface area contributed by atoms with Crippen LogP contribution in [0.25, 0.3) is 11.0 Å². The molecule has 0 bridgehead atoms. The maximum atomic E-state index is 14.2. The first kappa shape index (κ1) is 26.0. The predicted octanol–water partition coefficient (Wildman–Crippen LogP) is 7.43. The van der Waals surface area contributed by atoms with Crippen molar-refractivity contribution in [2.45, 2.75) is 105 Å². The van der Waals surface area contributed by atoms with Crippen molar-refractivity contribution in [1.29, 1.82) is 0 Å². The van der Waals surface area contributed by atoms with Gasteiger partial charge in [0.1, 0.15) is 17.2 Å². The van der Waals surface area contributed by atoms with E-state index >= 15 is 0 Å². The van der Waals surface area contributed by atoms with E-state index in [9.17, 15) is 4.39 Å². The Morgan fingerprint density at radius 2 is 1.44 bits per heavy atom. The molecule has 5 heteroatoms. The van der Waals surface area contributed by atoms with Crippen LogP contribution >= 0.6 is 0 Å². The Labute approximate surface area is 193 Å². The zero-order chi connectivity index (χ0) is 24.6. The van der Waals surface area contributed by atoms with Crippen molar-refractivity contribution < 1.29 is 4.39 Å². The Hall–Kier alpha value is -2.30. The lowest BCUT2D eigenvalue weighted by atomic mass is 9.87. The summed E-state index contributed by atoms with van der Waals surface area (Å²) in [6.45, 7) is 25.3. The van der Waals surface area contributed by atoms with Gasteiger partial charge in [0.2, 0.25) is 0 Å². The fourth-order valence-corrected chi connectivity index (χ4v) is 3.49. The van der Waals surface area contributed by atoms with Crippen LogP contribution in [0.3, 0.4) is 0 Å². The molecule has 176 valence electrons. The van der Waals surface area contributed by atoms with Crippen molar-refractivity contribution in [2.24, 2.45) is 0 Å². The molecule has 0 spiro atoms. The Bertz CT molecular complexity index is 1040. The lowest BCUT2D eigenvalue weighted by Crippen LogP contribution is -2.21. The minimum atomic E-state index is -0.222. The first-order valence-corrected chi connectivity index (χ1v) is 11.5. The van der Waals surface area contributed by atoms with E-state index in [1.54, 1.807) is 6.07 Å². The average Bonchev–Trinajstić information content (AvgIpc) is 2.97. The van der Waals surface area contributed by atoms with Crippen LogP contribution in [-0.4, -0.2) is 19.5 Å². The topological polar surface area (TPSA) is 43.6 Å². The van der Waals surface area contributed by atoms with Crippen molar-refractivity contribution in [1.82, 2.24) is 19.5 Å². The summed E-state index contributed by atoms with van der Waals surface area (Å²) >= 11 is 0. The summed E-state index contributed by atoms with van der Waals surface area (Å²) in [5, 5.41) is 0. The van der Waals surface area contributed by atoms with Gasteiger partial charge >= 0.3 is 0 Å². The smallest absolute Gasteiger partial charge is 0.151 e. The number of hydrogen-bond donors (Lipinski definition) is 0. The van der Waals surface area contributed by atoms with Gasteiger partial charge in [-0.2, -0.15) is 0 Å². The lowest BCUT2D eigenvalue weighted by Gasteiger charge is -2.22. The van der Waals surface area contributed by atoms with Crippen molar-refractivity contribution in [3.05, 3.63) is 53.1 Å². The van der Waals surface area contributed by atoms with Crippen LogP contribution in [0.5, 0.6) is 0 Å². The number of hydrogen-bond acceptors (Lipinski definition) is 3. The van der Waals surface area contributed by atoms with Gasteiger partial charge in [-0.05, 0) is 49.9 Å². The van der Waals surface area contributed by atoms with E-state index in [2.05, 4.69) is 102 Å². The maximum absolute atomic E-state index is 14.2. The lowest BCUT2D eigenvalue weighted by molar-refractivity contribution is 0.513. The number of imidazole rings is 1. The zero-order valence-electron chi connectivity index (χ0n) is 22.1. The standard InChI is InChI=1S/C15H21FN2.C12H20N2/c1-9(2)18-10(3)17-14-12(16)7-11(8-13(14)18)15(4,5)6;1-11(2,3)9-7-8-13-10(14-9)12(4,5)6/h7-9H,1-6H3;7-8H,1-6H3. The van der Waals surface area contributed by atoms with Crippen LogP contribution in [0, 0.1) is 12.7 Å². The molecule has 0 saturated heterocycles. The summed E-state index contributed by atoms with van der Waals surface area (Å²) in [6, 6.07) is 5.96. The van der Waals surface area contributed by atoms with Gasteiger partial charge in [0, 0.05) is 28.8 Å². The molecule has 1 aromatic carbocycles. The van der Waals surface area contributed by atoms with Crippen LogP contribution in [0.2, 0.25) is 0 Å². The van der Waals surface area contributed by atoms with E-state index in [0.29, 0.717) is 5.52 Å². The third-order valence-corrected chi connectivity index (χ3v) is 5.40. The van der Waals surface area contributed by atoms with E-state index in [-0.39, 0.29) is 28.1 Å².